The van der Waals surface area contributed by atoms with Crippen molar-refractivity contribution in [3.8, 4) is 12.3 Å². The Labute approximate surface area is 358 Å². The van der Waals surface area contributed by atoms with E-state index in [4.69, 9.17) is 39.7 Å². The summed E-state index contributed by atoms with van der Waals surface area (Å²) in [6.07, 6.45) is 0.622. The number of ether oxygens (including phenoxy) is 6. The average Bonchev–Trinajstić information content (AvgIpc) is 3.17. The molecule has 0 saturated carbocycles. The van der Waals surface area contributed by atoms with E-state index in [2.05, 4.69) is 16.0 Å². The fourth-order valence-corrected chi connectivity index (χ4v) is 10.2. The summed E-state index contributed by atoms with van der Waals surface area (Å²) in [4.78, 5) is 46.5. The van der Waals surface area contributed by atoms with Crippen molar-refractivity contribution in [2.45, 2.75) is 200 Å². The first-order chi connectivity index (χ1) is 27.9. The molecule has 344 valence electrons. The van der Waals surface area contributed by atoms with Crippen molar-refractivity contribution in [1.29, 1.82) is 0 Å². The first-order valence-corrected chi connectivity index (χ1v) is 21.8. The second-order valence-electron chi connectivity index (χ2n) is 18.3. The minimum Gasteiger partial charge on any atom is -0.457 e. The number of rotatable bonds is 11. The molecule has 15 nitrogen and oxygen atoms in total. The summed E-state index contributed by atoms with van der Waals surface area (Å²) in [5, 5.41) is 40.9. The van der Waals surface area contributed by atoms with Gasteiger partial charge in [-0.25, -0.2) is 4.79 Å². The third-order valence-electron chi connectivity index (χ3n) is 13.7. The van der Waals surface area contributed by atoms with E-state index in [1.54, 1.807) is 48.5 Å². The summed E-state index contributed by atoms with van der Waals surface area (Å²) in [6, 6.07) is 0.0603. The molecule has 0 aromatic rings. The Morgan fingerprint density at radius 2 is 1.60 bits per heavy atom. The summed E-state index contributed by atoms with van der Waals surface area (Å²) >= 11 is 0. The zero-order valence-corrected chi connectivity index (χ0v) is 38.6. The van der Waals surface area contributed by atoms with Crippen LogP contribution in [0.1, 0.15) is 128 Å². The Balaban J connectivity index is 2.32. The summed E-state index contributed by atoms with van der Waals surface area (Å²) in [5.74, 6) is -3.02. The molecule has 0 aliphatic carbocycles. The van der Waals surface area contributed by atoms with Crippen LogP contribution in [-0.2, 0) is 47.6 Å². The van der Waals surface area contributed by atoms with Gasteiger partial charge in [0.2, 0.25) is 0 Å². The molecule has 3 aliphatic rings. The fraction of sp³-hybridized carbons (Fsp3) is 0.867. The van der Waals surface area contributed by atoms with Crippen molar-refractivity contribution in [2.75, 3.05) is 20.7 Å². The second kappa shape index (κ2) is 21.6. The Morgan fingerprint density at radius 1 is 0.967 bits per heavy atom. The third-order valence-corrected chi connectivity index (χ3v) is 13.7. The monoisotopic (exact) mass is 853 g/mol. The lowest BCUT2D eigenvalue weighted by molar-refractivity contribution is -0.276. The first kappa shape index (κ1) is 51.7. The maximum absolute atomic E-state index is 14.8. The number of nitrogens with zero attached hydrogens (tertiary/aromatic N) is 2. The molecule has 0 radical (unpaired) electrons. The third kappa shape index (κ3) is 12.1. The highest BCUT2D eigenvalue weighted by atomic mass is 16.7. The minimum atomic E-state index is -1.69. The van der Waals surface area contributed by atoms with Gasteiger partial charge in [0.15, 0.2) is 12.4 Å². The maximum Gasteiger partial charge on any atom is 0.331 e. The van der Waals surface area contributed by atoms with E-state index >= 15 is 0 Å². The van der Waals surface area contributed by atoms with E-state index in [0.717, 1.165) is 6.42 Å². The highest BCUT2D eigenvalue weighted by Crippen LogP contribution is 2.46. The van der Waals surface area contributed by atoms with E-state index in [1.165, 1.54) is 21.0 Å². The molecule has 9 unspecified atom stereocenters. The van der Waals surface area contributed by atoms with E-state index < -0.39 is 107 Å². The van der Waals surface area contributed by atoms with Gasteiger partial charge in [0.1, 0.15) is 17.3 Å². The number of methoxy groups -OCH3 is 1. The van der Waals surface area contributed by atoms with Crippen molar-refractivity contribution in [3.05, 3.63) is 0 Å². The molecule has 3 N–H and O–H groups in total. The van der Waals surface area contributed by atoms with Crippen LogP contribution in [0.3, 0.4) is 0 Å². The summed E-state index contributed by atoms with van der Waals surface area (Å²) in [7, 11) is 3.55. The van der Waals surface area contributed by atoms with Gasteiger partial charge in [-0.1, -0.05) is 46.7 Å². The second-order valence-corrected chi connectivity index (χ2v) is 18.3. The van der Waals surface area contributed by atoms with Crippen LogP contribution >= 0.6 is 0 Å². The van der Waals surface area contributed by atoms with Gasteiger partial charge < -0.3 is 53.5 Å². The van der Waals surface area contributed by atoms with E-state index in [1.807, 2.05) is 27.8 Å². The lowest BCUT2D eigenvalue weighted by Gasteiger charge is -2.52. The van der Waals surface area contributed by atoms with Gasteiger partial charge in [0.05, 0.1) is 47.8 Å². The number of aliphatic hydroxyl groups excluding tert-OH is 2. The molecule has 3 heterocycles. The zero-order valence-electron chi connectivity index (χ0n) is 38.6. The molecule has 3 saturated heterocycles. The highest BCUT2D eigenvalue weighted by Gasteiger charge is 2.56. The van der Waals surface area contributed by atoms with Crippen molar-refractivity contribution in [2.24, 2.45) is 34.7 Å². The standard InChI is InChI=1S/C45H76N2O13/c1-16-19-20-47(14)33-21-26(5)55-35(22-33)58-40-27(6)36(34-24-44(13,54-15)41(30(9)56-34)57-31(10)48)28(7)42(52)59-45(17-2,18-3)39(51)38(50)29(8)37(46-60-32(11)49)25(4)23-43(40,12)53/h1,25-30,33-36,38-41,50-51,53H,17-24H2,2-15H3/b46-37+/t25-,26?,27+,28?,29?,30?,33?,34-,35?,36?,38?,39?,40-,41+,43-,44-/m1/s1. The summed E-state index contributed by atoms with van der Waals surface area (Å²) in [6.45, 7) is 21.1. The number of oxime groups is 1. The molecular weight excluding hydrogens is 776 g/mol. The lowest BCUT2D eigenvalue weighted by atomic mass is 9.67. The number of hydrogen-bond acceptors (Lipinski definition) is 15. The normalized spacial score (nSPS) is 41.5. The van der Waals surface area contributed by atoms with E-state index in [0.29, 0.717) is 19.4 Å². The number of esters is 2. The largest absolute Gasteiger partial charge is 0.457 e. The molecule has 3 fully saturated rings. The molecule has 60 heavy (non-hydrogen) atoms. The molecule has 16 atom stereocenters. The maximum atomic E-state index is 14.8. The zero-order chi connectivity index (χ0) is 45.5. The van der Waals surface area contributed by atoms with Crippen LogP contribution in [0.5, 0.6) is 0 Å². The molecular formula is C45H76N2O13. The van der Waals surface area contributed by atoms with Gasteiger partial charge in [-0.3, -0.25) is 9.59 Å². The SMILES string of the molecule is C#CCCN(C)C1CC(C)OC(O[C@@H]2[C@@H](C)C([C@H]3C[C@@](C)(OC)[C@@H](OC(C)=O)C(C)O3)C(C)C(=O)OC(CC)(CC)C(O)C(O)C(C)/C(=N/OC(C)=O)[C@H](C)C[C@@]2(C)O)C1. The number of carbonyl (C=O) groups is 3. The Bertz CT molecular complexity index is 1510. The van der Waals surface area contributed by atoms with Crippen LogP contribution in [0, 0.1) is 41.9 Å². The number of hydrogen-bond donors (Lipinski definition) is 3. The van der Waals surface area contributed by atoms with Gasteiger partial charge >= 0.3 is 17.9 Å². The number of aliphatic hydroxyl groups is 3. The van der Waals surface area contributed by atoms with Crippen LogP contribution in [0.2, 0.25) is 0 Å². The quantitative estimate of drug-likeness (QED) is 0.111. The fourth-order valence-electron chi connectivity index (χ4n) is 10.2. The first-order valence-electron chi connectivity index (χ1n) is 21.8. The number of cyclic esters (lactones) is 1. The van der Waals surface area contributed by atoms with Gasteiger partial charge in [0, 0.05) is 70.6 Å². The van der Waals surface area contributed by atoms with Gasteiger partial charge in [-0.2, -0.15) is 0 Å². The molecule has 3 aliphatic heterocycles. The van der Waals surface area contributed by atoms with Gasteiger partial charge in [-0.15, -0.1) is 12.3 Å². The van der Waals surface area contributed by atoms with Crippen LogP contribution in [-0.4, -0.2) is 136 Å². The Morgan fingerprint density at radius 3 is 2.15 bits per heavy atom. The van der Waals surface area contributed by atoms with Crippen molar-refractivity contribution < 1.29 is 63.0 Å². The Kier molecular flexibility index (Phi) is 18.6. The lowest BCUT2D eigenvalue weighted by Crippen LogP contribution is -2.62. The molecule has 15 heteroatoms. The van der Waals surface area contributed by atoms with E-state index in [9.17, 15) is 29.7 Å². The van der Waals surface area contributed by atoms with Crippen molar-refractivity contribution in [1.82, 2.24) is 4.90 Å². The minimum absolute atomic E-state index is 0.00643. The Hall–Kier alpha value is -2.68. The summed E-state index contributed by atoms with van der Waals surface area (Å²) in [5.41, 5.74) is -4.05. The average molecular weight is 853 g/mol. The number of carbonyl (C=O) groups excluding carboxylic acids is 3. The van der Waals surface area contributed by atoms with Crippen LogP contribution in [0.15, 0.2) is 5.16 Å². The van der Waals surface area contributed by atoms with Crippen LogP contribution < -0.4 is 0 Å². The molecule has 0 aromatic heterocycles. The molecule has 0 aromatic carbocycles. The molecule has 0 spiro atoms. The van der Waals surface area contributed by atoms with Crippen LogP contribution in [0.4, 0.5) is 0 Å². The van der Waals surface area contributed by atoms with Gasteiger partial charge in [0.25, 0.3) is 0 Å². The van der Waals surface area contributed by atoms with Crippen molar-refractivity contribution >= 4 is 23.6 Å². The highest BCUT2D eigenvalue weighted by molar-refractivity contribution is 5.89. The van der Waals surface area contributed by atoms with E-state index in [-0.39, 0.29) is 43.5 Å². The van der Waals surface area contributed by atoms with Crippen molar-refractivity contribution in [3.63, 3.8) is 0 Å². The molecule has 0 bridgehead atoms. The topological polar surface area (TPSA) is 192 Å². The predicted molar refractivity (Wildman–Crippen MR) is 224 cm³/mol. The molecule has 3 rings (SSSR count). The molecule has 0 amide bonds. The van der Waals surface area contributed by atoms with Gasteiger partial charge in [-0.05, 0) is 66.3 Å². The smallest absolute Gasteiger partial charge is 0.331 e. The number of terminal acetylenes is 1. The van der Waals surface area contributed by atoms with Crippen LogP contribution in [0.25, 0.3) is 0 Å². The predicted octanol–water partition coefficient (Wildman–Crippen LogP) is 4.79. The summed E-state index contributed by atoms with van der Waals surface area (Å²) < 4.78 is 38.4.